The molecule has 2 aromatic carbocycles. The summed E-state index contributed by atoms with van der Waals surface area (Å²) in [5.74, 6) is 1.95. The van der Waals surface area contributed by atoms with Crippen LogP contribution in [0.5, 0.6) is 11.5 Å². The minimum absolute atomic E-state index is 0.162. The van der Waals surface area contributed by atoms with Gasteiger partial charge in [-0.25, -0.2) is 0 Å². The number of nitrogens with zero attached hydrogens (tertiary/aromatic N) is 1. The SMILES string of the molecule is CC(=Cc1ccc(OCCN(C)C)cc1)c1ccc2c(c1)C(C)(C)CCO2. The largest absolute Gasteiger partial charge is 0.493 e. The van der Waals surface area contributed by atoms with E-state index in [1.165, 1.54) is 22.3 Å². The lowest BCUT2D eigenvalue weighted by molar-refractivity contribution is 0.234. The molecule has 0 unspecified atom stereocenters. The molecular weight excluding hydrogens is 334 g/mol. The minimum Gasteiger partial charge on any atom is -0.493 e. The average Bonchev–Trinajstić information content (AvgIpc) is 2.62. The summed E-state index contributed by atoms with van der Waals surface area (Å²) in [4.78, 5) is 2.12. The Morgan fingerprint density at radius 3 is 2.59 bits per heavy atom. The van der Waals surface area contributed by atoms with Crippen molar-refractivity contribution in [3.63, 3.8) is 0 Å². The monoisotopic (exact) mass is 365 g/mol. The first-order valence-electron chi connectivity index (χ1n) is 9.69. The zero-order valence-corrected chi connectivity index (χ0v) is 17.2. The van der Waals surface area contributed by atoms with E-state index in [-0.39, 0.29) is 5.41 Å². The second kappa shape index (κ2) is 8.18. The van der Waals surface area contributed by atoms with E-state index in [1.807, 2.05) is 26.2 Å². The Labute approximate surface area is 163 Å². The lowest BCUT2D eigenvalue weighted by Crippen LogP contribution is -2.26. The molecule has 1 heterocycles. The Bertz CT molecular complexity index is 804. The molecule has 1 aliphatic heterocycles. The Morgan fingerprint density at radius 1 is 1.15 bits per heavy atom. The first-order valence-corrected chi connectivity index (χ1v) is 9.69. The van der Waals surface area contributed by atoms with Crippen LogP contribution in [0, 0.1) is 0 Å². The van der Waals surface area contributed by atoms with E-state index in [1.54, 1.807) is 0 Å². The van der Waals surface area contributed by atoms with Gasteiger partial charge in [0, 0.05) is 12.1 Å². The van der Waals surface area contributed by atoms with Crippen LogP contribution in [-0.4, -0.2) is 38.8 Å². The zero-order valence-electron chi connectivity index (χ0n) is 17.2. The molecule has 0 aliphatic carbocycles. The van der Waals surface area contributed by atoms with Crippen molar-refractivity contribution in [3.8, 4) is 11.5 Å². The van der Waals surface area contributed by atoms with Crippen LogP contribution >= 0.6 is 0 Å². The Hall–Kier alpha value is -2.26. The van der Waals surface area contributed by atoms with Crippen LogP contribution in [0.1, 0.15) is 43.9 Å². The van der Waals surface area contributed by atoms with Gasteiger partial charge in [0.25, 0.3) is 0 Å². The molecule has 0 saturated heterocycles. The highest BCUT2D eigenvalue weighted by Crippen LogP contribution is 2.39. The maximum absolute atomic E-state index is 5.84. The zero-order chi connectivity index (χ0) is 19.4. The van der Waals surface area contributed by atoms with Crippen LogP contribution in [-0.2, 0) is 5.41 Å². The molecule has 0 spiro atoms. The summed E-state index contributed by atoms with van der Waals surface area (Å²) in [6, 6.07) is 14.9. The summed E-state index contributed by atoms with van der Waals surface area (Å²) in [7, 11) is 4.10. The first-order chi connectivity index (χ1) is 12.8. The highest BCUT2D eigenvalue weighted by molar-refractivity contribution is 5.81. The van der Waals surface area contributed by atoms with Gasteiger partial charge in [-0.1, -0.05) is 38.1 Å². The Kier molecular flexibility index (Phi) is 5.91. The fourth-order valence-electron chi connectivity index (χ4n) is 3.32. The molecule has 1 aliphatic rings. The summed E-state index contributed by atoms with van der Waals surface area (Å²) < 4.78 is 11.6. The Morgan fingerprint density at radius 2 is 1.89 bits per heavy atom. The van der Waals surface area contributed by atoms with Gasteiger partial charge in [-0.3, -0.25) is 0 Å². The molecule has 0 radical (unpaired) electrons. The van der Waals surface area contributed by atoms with Gasteiger partial charge in [0.1, 0.15) is 18.1 Å². The van der Waals surface area contributed by atoms with Crippen LogP contribution < -0.4 is 9.47 Å². The number of hydrogen-bond acceptors (Lipinski definition) is 3. The molecule has 27 heavy (non-hydrogen) atoms. The van der Waals surface area contributed by atoms with E-state index in [0.717, 1.165) is 31.1 Å². The standard InChI is InChI=1S/C24H31NO2/c1-18(16-19-6-9-21(10-7-19)26-15-13-25(4)5)20-8-11-23-22(17-20)24(2,3)12-14-27-23/h6-11,16-17H,12-15H2,1-5H3. The maximum atomic E-state index is 5.84. The average molecular weight is 366 g/mol. The fourth-order valence-corrected chi connectivity index (χ4v) is 3.32. The summed E-state index contributed by atoms with van der Waals surface area (Å²) >= 11 is 0. The van der Waals surface area contributed by atoms with Crippen molar-refractivity contribution in [2.24, 2.45) is 0 Å². The third kappa shape index (κ3) is 4.92. The van der Waals surface area contributed by atoms with Gasteiger partial charge < -0.3 is 14.4 Å². The van der Waals surface area contributed by atoms with Crippen molar-refractivity contribution < 1.29 is 9.47 Å². The number of rotatable bonds is 6. The van der Waals surface area contributed by atoms with Gasteiger partial charge in [0.15, 0.2) is 0 Å². The molecule has 2 aromatic rings. The molecule has 0 bridgehead atoms. The summed E-state index contributed by atoms with van der Waals surface area (Å²) in [6.45, 7) is 9.18. The van der Waals surface area contributed by atoms with Crippen LogP contribution in [0.15, 0.2) is 42.5 Å². The second-order valence-electron chi connectivity index (χ2n) is 8.24. The normalized spacial score (nSPS) is 16.0. The van der Waals surface area contributed by atoms with Gasteiger partial charge in [-0.2, -0.15) is 0 Å². The molecule has 0 saturated carbocycles. The van der Waals surface area contributed by atoms with Gasteiger partial charge in [-0.05, 0) is 73.8 Å². The van der Waals surface area contributed by atoms with E-state index in [2.05, 4.69) is 62.1 Å². The van der Waals surface area contributed by atoms with Crippen molar-refractivity contribution in [2.45, 2.75) is 32.6 Å². The van der Waals surface area contributed by atoms with Crippen molar-refractivity contribution in [1.82, 2.24) is 4.90 Å². The van der Waals surface area contributed by atoms with Gasteiger partial charge in [0.05, 0.1) is 6.61 Å². The van der Waals surface area contributed by atoms with Gasteiger partial charge in [-0.15, -0.1) is 0 Å². The van der Waals surface area contributed by atoms with Gasteiger partial charge in [0.2, 0.25) is 0 Å². The smallest absolute Gasteiger partial charge is 0.123 e. The summed E-state index contributed by atoms with van der Waals surface area (Å²) in [5.41, 5.74) is 5.15. The highest BCUT2D eigenvalue weighted by Gasteiger charge is 2.28. The quantitative estimate of drug-likeness (QED) is 0.653. The van der Waals surface area contributed by atoms with E-state index in [0.29, 0.717) is 6.61 Å². The third-order valence-corrected chi connectivity index (χ3v) is 5.22. The Balaban J connectivity index is 1.74. The number of allylic oxidation sites excluding steroid dienone is 1. The number of fused-ring (bicyclic) bond motifs is 1. The van der Waals surface area contributed by atoms with E-state index in [4.69, 9.17) is 9.47 Å². The maximum Gasteiger partial charge on any atom is 0.123 e. The summed E-state index contributed by atoms with van der Waals surface area (Å²) in [6.07, 6.45) is 3.28. The van der Waals surface area contributed by atoms with Crippen molar-refractivity contribution in [3.05, 3.63) is 59.2 Å². The topological polar surface area (TPSA) is 21.7 Å². The summed E-state index contributed by atoms with van der Waals surface area (Å²) in [5, 5.41) is 0. The van der Waals surface area contributed by atoms with Crippen LogP contribution in [0.4, 0.5) is 0 Å². The molecule has 0 amide bonds. The minimum atomic E-state index is 0.162. The van der Waals surface area contributed by atoms with Crippen molar-refractivity contribution in [2.75, 3.05) is 33.9 Å². The lowest BCUT2D eigenvalue weighted by atomic mass is 9.79. The van der Waals surface area contributed by atoms with E-state index < -0.39 is 0 Å². The predicted octanol–water partition coefficient (Wildman–Crippen LogP) is 5.25. The van der Waals surface area contributed by atoms with Gasteiger partial charge >= 0.3 is 0 Å². The molecule has 0 N–H and O–H groups in total. The number of likely N-dealkylation sites (N-methyl/N-ethyl adjacent to an activating group) is 1. The van der Waals surface area contributed by atoms with E-state index >= 15 is 0 Å². The first kappa shape index (κ1) is 19.5. The predicted molar refractivity (Wildman–Crippen MR) is 114 cm³/mol. The molecule has 3 rings (SSSR count). The molecule has 144 valence electrons. The number of ether oxygens (including phenoxy) is 2. The second-order valence-corrected chi connectivity index (χ2v) is 8.24. The molecule has 3 nitrogen and oxygen atoms in total. The van der Waals surface area contributed by atoms with Crippen LogP contribution in [0.3, 0.4) is 0 Å². The number of benzene rings is 2. The van der Waals surface area contributed by atoms with E-state index in [9.17, 15) is 0 Å². The lowest BCUT2D eigenvalue weighted by Gasteiger charge is -2.32. The number of hydrogen-bond donors (Lipinski definition) is 0. The molecule has 0 fully saturated rings. The van der Waals surface area contributed by atoms with Crippen molar-refractivity contribution in [1.29, 1.82) is 0 Å². The third-order valence-electron chi connectivity index (χ3n) is 5.22. The molecule has 0 aromatic heterocycles. The molecule has 0 atom stereocenters. The van der Waals surface area contributed by atoms with Crippen LogP contribution in [0.2, 0.25) is 0 Å². The molecule has 3 heteroatoms. The molecular formula is C24H31NO2. The highest BCUT2D eigenvalue weighted by atomic mass is 16.5. The fraction of sp³-hybridized carbons (Fsp3) is 0.417. The van der Waals surface area contributed by atoms with Crippen molar-refractivity contribution >= 4 is 11.6 Å². The van der Waals surface area contributed by atoms with Crippen LogP contribution in [0.25, 0.3) is 11.6 Å².